The molecule has 0 radical (unpaired) electrons. The summed E-state index contributed by atoms with van der Waals surface area (Å²) in [6.07, 6.45) is -3.20. The molecule has 5 heteroatoms. The van der Waals surface area contributed by atoms with Gasteiger partial charge in [-0.3, -0.25) is 4.90 Å². The zero-order valence-corrected chi connectivity index (χ0v) is 11.9. The monoisotopic (exact) mass is 286 g/mol. The van der Waals surface area contributed by atoms with Crippen LogP contribution in [0.1, 0.15) is 31.4 Å². The van der Waals surface area contributed by atoms with Gasteiger partial charge in [-0.1, -0.05) is 12.1 Å². The van der Waals surface area contributed by atoms with Gasteiger partial charge in [0, 0.05) is 25.2 Å². The molecule has 2 rings (SSSR count). The molecule has 2 unspecified atom stereocenters. The van der Waals surface area contributed by atoms with E-state index < -0.39 is 11.7 Å². The third kappa shape index (κ3) is 3.96. The molecule has 1 aromatic rings. The Hall–Kier alpha value is -1.07. The SMILES string of the molecule is CC1CN(Cc2ccc(C(F)(F)F)cc2)C(C)CCN1. The molecule has 1 aliphatic rings. The molecule has 0 amide bonds. The zero-order chi connectivity index (χ0) is 14.8. The standard InChI is InChI=1S/C15H21F3N2/c1-11-9-20(12(2)7-8-19-11)10-13-3-5-14(6-4-13)15(16,17)18/h3-6,11-12,19H,7-10H2,1-2H3. The fourth-order valence-electron chi connectivity index (χ4n) is 2.57. The Morgan fingerprint density at radius 1 is 1.20 bits per heavy atom. The number of nitrogens with one attached hydrogen (secondary N) is 1. The fraction of sp³-hybridized carbons (Fsp3) is 0.600. The summed E-state index contributed by atoms with van der Waals surface area (Å²) in [6, 6.07) is 6.35. The van der Waals surface area contributed by atoms with Crippen molar-refractivity contribution in [1.82, 2.24) is 10.2 Å². The third-order valence-electron chi connectivity index (χ3n) is 3.85. The van der Waals surface area contributed by atoms with Gasteiger partial charge >= 0.3 is 6.18 Å². The second kappa shape index (κ2) is 6.14. The molecule has 0 bridgehead atoms. The maximum Gasteiger partial charge on any atom is 0.416 e. The summed E-state index contributed by atoms with van der Waals surface area (Å²) in [7, 11) is 0. The summed E-state index contributed by atoms with van der Waals surface area (Å²) >= 11 is 0. The maximum absolute atomic E-state index is 12.5. The molecule has 2 nitrogen and oxygen atoms in total. The highest BCUT2D eigenvalue weighted by atomic mass is 19.4. The van der Waals surface area contributed by atoms with Gasteiger partial charge < -0.3 is 5.32 Å². The molecule has 1 aliphatic heterocycles. The number of hydrogen-bond donors (Lipinski definition) is 1. The van der Waals surface area contributed by atoms with Crippen molar-refractivity contribution in [2.75, 3.05) is 13.1 Å². The van der Waals surface area contributed by atoms with Gasteiger partial charge in [0.2, 0.25) is 0 Å². The molecule has 20 heavy (non-hydrogen) atoms. The molecule has 0 saturated carbocycles. The molecule has 2 atom stereocenters. The number of benzene rings is 1. The number of halogens is 3. The van der Waals surface area contributed by atoms with Crippen molar-refractivity contribution in [3.8, 4) is 0 Å². The first-order valence-corrected chi connectivity index (χ1v) is 7.00. The van der Waals surface area contributed by atoms with E-state index in [0.717, 1.165) is 25.1 Å². The van der Waals surface area contributed by atoms with E-state index in [-0.39, 0.29) is 0 Å². The minimum atomic E-state index is -4.26. The fourth-order valence-corrected chi connectivity index (χ4v) is 2.57. The quantitative estimate of drug-likeness (QED) is 0.897. The lowest BCUT2D eigenvalue weighted by Crippen LogP contribution is -2.37. The Labute approximate surface area is 118 Å². The molecule has 0 aliphatic carbocycles. The van der Waals surface area contributed by atoms with Crippen molar-refractivity contribution in [1.29, 1.82) is 0 Å². The summed E-state index contributed by atoms with van der Waals surface area (Å²) < 4.78 is 37.6. The predicted octanol–water partition coefficient (Wildman–Crippen LogP) is 3.28. The van der Waals surface area contributed by atoms with E-state index in [4.69, 9.17) is 0 Å². The van der Waals surface area contributed by atoms with Crippen LogP contribution in [0.15, 0.2) is 24.3 Å². The Morgan fingerprint density at radius 2 is 1.85 bits per heavy atom. The van der Waals surface area contributed by atoms with Crippen LogP contribution < -0.4 is 5.32 Å². The van der Waals surface area contributed by atoms with Gasteiger partial charge in [0.15, 0.2) is 0 Å². The van der Waals surface area contributed by atoms with Gasteiger partial charge in [0.1, 0.15) is 0 Å². The number of hydrogen-bond acceptors (Lipinski definition) is 2. The van der Waals surface area contributed by atoms with Crippen LogP contribution in [0.4, 0.5) is 13.2 Å². The molecule has 1 aromatic carbocycles. The van der Waals surface area contributed by atoms with Gasteiger partial charge in [-0.2, -0.15) is 13.2 Å². The molecule has 0 aromatic heterocycles. The van der Waals surface area contributed by atoms with Gasteiger partial charge in [-0.25, -0.2) is 0 Å². The molecule has 112 valence electrons. The summed E-state index contributed by atoms with van der Waals surface area (Å²) in [6.45, 7) is 6.92. The first kappa shape index (κ1) is 15.3. The highest BCUT2D eigenvalue weighted by molar-refractivity contribution is 5.24. The highest BCUT2D eigenvalue weighted by Gasteiger charge is 2.30. The Bertz CT molecular complexity index is 428. The van der Waals surface area contributed by atoms with Gasteiger partial charge in [-0.05, 0) is 44.5 Å². The lowest BCUT2D eigenvalue weighted by molar-refractivity contribution is -0.137. The Balaban J connectivity index is 2.05. The van der Waals surface area contributed by atoms with Crippen LogP contribution in [0, 0.1) is 0 Å². The van der Waals surface area contributed by atoms with E-state index in [1.165, 1.54) is 12.1 Å². The van der Waals surface area contributed by atoms with Crippen LogP contribution in [-0.4, -0.2) is 30.1 Å². The second-order valence-corrected chi connectivity index (χ2v) is 5.62. The molecule has 1 N–H and O–H groups in total. The van der Waals surface area contributed by atoms with Gasteiger partial charge in [0.25, 0.3) is 0 Å². The van der Waals surface area contributed by atoms with Crippen LogP contribution in [-0.2, 0) is 12.7 Å². The molecular weight excluding hydrogens is 265 g/mol. The topological polar surface area (TPSA) is 15.3 Å². The van der Waals surface area contributed by atoms with Crippen molar-refractivity contribution < 1.29 is 13.2 Å². The normalized spacial score (nSPS) is 25.4. The summed E-state index contributed by atoms with van der Waals surface area (Å²) in [5.41, 5.74) is 0.346. The van der Waals surface area contributed by atoms with Crippen molar-refractivity contribution in [3.63, 3.8) is 0 Å². The number of nitrogens with zero attached hydrogens (tertiary/aromatic N) is 1. The van der Waals surface area contributed by atoms with E-state index >= 15 is 0 Å². The van der Waals surface area contributed by atoms with Crippen LogP contribution in [0.3, 0.4) is 0 Å². The molecule has 0 spiro atoms. The van der Waals surface area contributed by atoms with Gasteiger partial charge in [-0.15, -0.1) is 0 Å². The van der Waals surface area contributed by atoms with Gasteiger partial charge in [0.05, 0.1) is 5.56 Å². The zero-order valence-electron chi connectivity index (χ0n) is 11.9. The molecule has 1 heterocycles. The average Bonchev–Trinajstić information content (AvgIpc) is 2.51. The Morgan fingerprint density at radius 3 is 2.45 bits per heavy atom. The number of alkyl halides is 3. The van der Waals surface area contributed by atoms with Crippen molar-refractivity contribution in [2.24, 2.45) is 0 Å². The largest absolute Gasteiger partial charge is 0.416 e. The van der Waals surface area contributed by atoms with Crippen LogP contribution >= 0.6 is 0 Å². The van der Waals surface area contributed by atoms with Crippen LogP contribution in [0.2, 0.25) is 0 Å². The van der Waals surface area contributed by atoms with Crippen molar-refractivity contribution in [3.05, 3.63) is 35.4 Å². The van der Waals surface area contributed by atoms with E-state index in [1.807, 2.05) is 0 Å². The molecular formula is C15H21F3N2. The van der Waals surface area contributed by atoms with Crippen molar-refractivity contribution >= 4 is 0 Å². The number of rotatable bonds is 2. The third-order valence-corrected chi connectivity index (χ3v) is 3.85. The van der Waals surface area contributed by atoms with E-state index in [1.54, 1.807) is 12.1 Å². The van der Waals surface area contributed by atoms with E-state index in [2.05, 4.69) is 24.1 Å². The Kier molecular flexibility index (Phi) is 4.70. The lowest BCUT2D eigenvalue weighted by Gasteiger charge is -2.28. The van der Waals surface area contributed by atoms with Crippen molar-refractivity contribution in [2.45, 2.75) is 45.1 Å². The first-order valence-electron chi connectivity index (χ1n) is 7.00. The van der Waals surface area contributed by atoms with Crippen LogP contribution in [0.5, 0.6) is 0 Å². The van der Waals surface area contributed by atoms with E-state index in [0.29, 0.717) is 18.6 Å². The summed E-state index contributed by atoms with van der Waals surface area (Å²) in [5, 5.41) is 3.43. The molecule has 1 fully saturated rings. The summed E-state index contributed by atoms with van der Waals surface area (Å²) in [5.74, 6) is 0. The van der Waals surface area contributed by atoms with Crippen LogP contribution in [0.25, 0.3) is 0 Å². The highest BCUT2D eigenvalue weighted by Crippen LogP contribution is 2.29. The maximum atomic E-state index is 12.5. The summed E-state index contributed by atoms with van der Waals surface area (Å²) in [4.78, 5) is 2.33. The first-order chi connectivity index (χ1) is 9.36. The predicted molar refractivity (Wildman–Crippen MR) is 73.4 cm³/mol. The minimum absolute atomic E-state index is 0.411. The molecule has 1 saturated heterocycles. The lowest BCUT2D eigenvalue weighted by atomic mass is 10.1. The smallest absolute Gasteiger partial charge is 0.313 e. The second-order valence-electron chi connectivity index (χ2n) is 5.62. The average molecular weight is 286 g/mol. The minimum Gasteiger partial charge on any atom is -0.313 e. The van der Waals surface area contributed by atoms with E-state index in [9.17, 15) is 13.2 Å².